The monoisotopic (exact) mass is 418 g/mol. The molecule has 0 bridgehead atoms. The van der Waals surface area contributed by atoms with E-state index in [2.05, 4.69) is 22.2 Å². The van der Waals surface area contributed by atoms with E-state index >= 15 is 0 Å². The third-order valence-corrected chi connectivity index (χ3v) is 4.93. The topological polar surface area (TPSA) is 88.5 Å². The first kappa shape index (κ1) is 20.7. The Hall–Kier alpha value is -3.61. The first-order valence-electron chi connectivity index (χ1n) is 10.3. The van der Waals surface area contributed by atoms with Crippen LogP contribution in [0.3, 0.4) is 0 Å². The van der Waals surface area contributed by atoms with Gasteiger partial charge in [-0.15, -0.1) is 0 Å². The maximum absolute atomic E-state index is 12.8. The number of amides is 1. The number of hydrogen-bond acceptors (Lipinski definition) is 4. The minimum atomic E-state index is -0.508. The molecule has 4 aromatic rings. The van der Waals surface area contributed by atoms with Gasteiger partial charge < -0.3 is 19.4 Å². The van der Waals surface area contributed by atoms with Crippen molar-refractivity contribution in [3.8, 4) is 5.75 Å². The van der Waals surface area contributed by atoms with Crippen LogP contribution in [-0.2, 0) is 0 Å². The number of anilines is 1. The number of H-pyrrole nitrogens is 1. The smallest absolute Gasteiger partial charge is 0.272 e. The summed E-state index contributed by atoms with van der Waals surface area (Å²) in [6.45, 7) is 8.31. The number of imidazole rings is 1. The van der Waals surface area contributed by atoms with Crippen LogP contribution >= 0.6 is 0 Å². The number of hydrogen-bond donors (Lipinski definition) is 2. The number of aromatic nitrogens is 3. The molecule has 0 fully saturated rings. The van der Waals surface area contributed by atoms with Gasteiger partial charge in [0.1, 0.15) is 22.8 Å². The van der Waals surface area contributed by atoms with Crippen molar-refractivity contribution >= 4 is 33.9 Å². The summed E-state index contributed by atoms with van der Waals surface area (Å²) in [5.41, 5.74) is 2.48. The zero-order valence-corrected chi connectivity index (χ0v) is 18.2. The maximum atomic E-state index is 12.8. The highest BCUT2D eigenvalue weighted by Gasteiger charge is 2.25. The zero-order chi connectivity index (χ0) is 22.2. The first-order chi connectivity index (χ1) is 14.7. The van der Waals surface area contributed by atoms with Crippen molar-refractivity contribution in [1.29, 1.82) is 0 Å². The molecule has 1 aromatic carbocycles. The summed E-state index contributed by atoms with van der Waals surface area (Å²) in [6.07, 6.45) is 4.38. The minimum Gasteiger partial charge on any atom is -0.494 e. The second-order valence-electron chi connectivity index (χ2n) is 8.62. The molecule has 0 saturated heterocycles. The molecule has 7 nitrogen and oxygen atoms in total. The number of ether oxygens (including phenoxy) is 1. The second kappa shape index (κ2) is 7.91. The molecule has 160 valence electrons. The quantitative estimate of drug-likeness (QED) is 0.427. The van der Waals surface area contributed by atoms with Gasteiger partial charge in [-0.3, -0.25) is 9.59 Å². The standard InChI is InChI=1S/C24H26N4O3/c1-5-10-31-17-7-8-18-15(11-17)12-19(26-18)23(30)25-16-6-9-21-27-20(14-28(21)13-16)22(29)24(2,3)4/h6-9,11-14,26H,5,10H2,1-4H3,(H,25,30). The number of nitrogens with one attached hydrogen (secondary N) is 2. The molecule has 4 rings (SSSR count). The van der Waals surface area contributed by atoms with Crippen LogP contribution in [0.2, 0.25) is 0 Å². The summed E-state index contributed by atoms with van der Waals surface area (Å²) in [5, 5.41) is 3.81. The maximum Gasteiger partial charge on any atom is 0.272 e. The Kier molecular flexibility index (Phi) is 5.27. The van der Waals surface area contributed by atoms with Gasteiger partial charge in [0.2, 0.25) is 0 Å². The lowest BCUT2D eigenvalue weighted by Crippen LogP contribution is -2.20. The van der Waals surface area contributed by atoms with Gasteiger partial charge in [0.25, 0.3) is 5.91 Å². The fourth-order valence-corrected chi connectivity index (χ4v) is 3.30. The molecule has 0 aliphatic carbocycles. The van der Waals surface area contributed by atoms with Crippen LogP contribution in [0.1, 0.15) is 55.1 Å². The highest BCUT2D eigenvalue weighted by molar-refractivity contribution is 6.06. The van der Waals surface area contributed by atoms with E-state index < -0.39 is 5.41 Å². The van der Waals surface area contributed by atoms with Gasteiger partial charge in [-0.25, -0.2) is 4.98 Å². The highest BCUT2D eigenvalue weighted by atomic mass is 16.5. The summed E-state index contributed by atoms with van der Waals surface area (Å²) in [4.78, 5) is 32.8. The molecule has 0 radical (unpaired) electrons. The van der Waals surface area contributed by atoms with E-state index in [0.29, 0.717) is 29.3 Å². The number of aromatic amines is 1. The molecule has 0 unspecified atom stereocenters. The first-order valence-corrected chi connectivity index (χ1v) is 10.3. The number of ketones is 1. The van der Waals surface area contributed by atoms with Crippen molar-refractivity contribution in [2.45, 2.75) is 34.1 Å². The number of fused-ring (bicyclic) bond motifs is 2. The Morgan fingerprint density at radius 1 is 1.13 bits per heavy atom. The molecule has 0 spiro atoms. The normalized spacial score (nSPS) is 11.7. The Balaban J connectivity index is 1.54. The fraction of sp³-hybridized carbons (Fsp3) is 0.292. The molecule has 0 saturated carbocycles. The van der Waals surface area contributed by atoms with Crippen molar-refractivity contribution in [1.82, 2.24) is 14.4 Å². The molecule has 3 aromatic heterocycles. The lowest BCUT2D eigenvalue weighted by atomic mass is 9.89. The van der Waals surface area contributed by atoms with E-state index in [0.717, 1.165) is 23.1 Å². The molecule has 3 heterocycles. The second-order valence-corrected chi connectivity index (χ2v) is 8.62. The summed E-state index contributed by atoms with van der Waals surface area (Å²) >= 11 is 0. The average molecular weight is 418 g/mol. The predicted molar refractivity (Wildman–Crippen MR) is 121 cm³/mol. The molecule has 2 N–H and O–H groups in total. The van der Waals surface area contributed by atoms with E-state index in [9.17, 15) is 9.59 Å². The van der Waals surface area contributed by atoms with Gasteiger partial charge in [0.15, 0.2) is 5.78 Å². The van der Waals surface area contributed by atoms with Crippen LogP contribution in [0, 0.1) is 5.41 Å². The Morgan fingerprint density at radius 2 is 1.94 bits per heavy atom. The van der Waals surface area contributed by atoms with Gasteiger partial charge in [-0.2, -0.15) is 0 Å². The van der Waals surface area contributed by atoms with Crippen LogP contribution in [-0.4, -0.2) is 32.7 Å². The molecular formula is C24H26N4O3. The van der Waals surface area contributed by atoms with Crippen LogP contribution in [0.15, 0.2) is 48.8 Å². The lowest BCUT2D eigenvalue weighted by Gasteiger charge is -2.13. The number of pyridine rings is 1. The Labute approximate surface area is 180 Å². The van der Waals surface area contributed by atoms with Crippen LogP contribution in [0.25, 0.3) is 16.6 Å². The van der Waals surface area contributed by atoms with Crippen LogP contribution in [0.5, 0.6) is 5.75 Å². The van der Waals surface area contributed by atoms with Gasteiger partial charge in [-0.1, -0.05) is 27.7 Å². The zero-order valence-electron chi connectivity index (χ0n) is 18.2. The molecular weight excluding hydrogens is 392 g/mol. The van der Waals surface area contributed by atoms with Gasteiger partial charge >= 0.3 is 0 Å². The molecule has 0 atom stereocenters. The summed E-state index contributed by atoms with van der Waals surface area (Å²) < 4.78 is 7.41. The van der Waals surface area contributed by atoms with Crippen molar-refractivity contribution in [2.75, 3.05) is 11.9 Å². The predicted octanol–water partition coefficient (Wildman–Crippen LogP) is 5.09. The van der Waals surface area contributed by atoms with E-state index in [1.54, 1.807) is 35.0 Å². The molecule has 7 heteroatoms. The highest BCUT2D eigenvalue weighted by Crippen LogP contribution is 2.24. The van der Waals surface area contributed by atoms with Crippen molar-refractivity contribution in [3.63, 3.8) is 0 Å². The van der Waals surface area contributed by atoms with Crippen molar-refractivity contribution < 1.29 is 14.3 Å². The van der Waals surface area contributed by atoms with E-state index in [-0.39, 0.29) is 11.7 Å². The third kappa shape index (κ3) is 4.30. The number of carbonyl (C=O) groups excluding carboxylic acids is 2. The van der Waals surface area contributed by atoms with E-state index in [1.807, 2.05) is 39.0 Å². The fourth-order valence-electron chi connectivity index (χ4n) is 3.30. The van der Waals surface area contributed by atoms with Gasteiger partial charge in [0.05, 0.1) is 12.3 Å². The van der Waals surface area contributed by atoms with Crippen molar-refractivity contribution in [3.05, 3.63) is 60.2 Å². The van der Waals surface area contributed by atoms with Crippen molar-refractivity contribution in [2.24, 2.45) is 5.41 Å². The molecule has 1 amide bonds. The number of carbonyl (C=O) groups is 2. The minimum absolute atomic E-state index is 0.0258. The SMILES string of the molecule is CCCOc1ccc2[nH]c(C(=O)Nc3ccc4nc(C(=O)C(C)(C)C)cn4c3)cc2c1. The van der Waals surface area contributed by atoms with Crippen LogP contribution in [0.4, 0.5) is 5.69 Å². The number of benzene rings is 1. The number of Topliss-reactive ketones (excluding diaryl/α,β-unsaturated/α-hetero) is 1. The largest absolute Gasteiger partial charge is 0.494 e. The average Bonchev–Trinajstić information content (AvgIpc) is 3.34. The van der Waals surface area contributed by atoms with Gasteiger partial charge in [0, 0.05) is 28.7 Å². The third-order valence-electron chi connectivity index (χ3n) is 4.93. The van der Waals surface area contributed by atoms with E-state index in [4.69, 9.17) is 4.74 Å². The number of rotatable bonds is 6. The molecule has 0 aliphatic rings. The summed E-state index contributed by atoms with van der Waals surface area (Å²) in [6, 6.07) is 11.1. The molecule has 31 heavy (non-hydrogen) atoms. The lowest BCUT2D eigenvalue weighted by molar-refractivity contribution is 0.0853. The Bertz CT molecular complexity index is 1280. The van der Waals surface area contributed by atoms with E-state index in [1.165, 1.54) is 0 Å². The van der Waals surface area contributed by atoms with Gasteiger partial charge in [-0.05, 0) is 42.8 Å². The number of nitrogens with zero attached hydrogens (tertiary/aromatic N) is 2. The summed E-state index contributed by atoms with van der Waals surface area (Å²) in [5.74, 6) is 0.506. The summed E-state index contributed by atoms with van der Waals surface area (Å²) in [7, 11) is 0. The van der Waals surface area contributed by atoms with Crippen LogP contribution < -0.4 is 10.1 Å². The molecule has 0 aliphatic heterocycles. The Morgan fingerprint density at radius 3 is 2.68 bits per heavy atom.